The summed E-state index contributed by atoms with van der Waals surface area (Å²) in [6.45, 7) is 8.63. The van der Waals surface area contributed by atoms with E-state index in [9.17, 15) is 4.79 Å². The third-order valence-electron chi connectivity index (χ3n) is 6.20. The second kappa shape index (κ2) is 12.3. The highest BCUT2D eigenvalue weighted by Crippen LogP contribution is 2.26. The normalized spacial score (nSPS) is 13.3. The van der Waals surface area contributed by atoms with Gasteiger partial charge in [0.05, 0.1) is 6.20 Å². The summed E-state index contributed by atoms with van der Waals surface area (Å²) in [6, 6.07) is 8.67. The minimum atomic E-state index is -0.948. The Labute approximate surface area is 235 Å². The molecule has 0 aliphatic rings. The van der Waals surface area contributed by atoms with Gasteiger partial charge in [0.2, 0.25) is 0 Å². The van der Waals surface area contributed by atoms with E-state index in [1.807, 2.05) is 25.1 Å². The Morgan fingerprint density at radius 2 is 1.95 bits per heavy atom. The summed E-state index contributed by atoms with van der Waals surface area (Å²) in [5, 5.41) is 4.15. The summed E-state index contributed by atoms with van der Waals surface area (Å²) in [5.41, 5.74) is 0.840. The summed E-state index contributed by atoms with van der Waals surface area (Å²) < 4.78 is 33.9. The third kappa shape index (κ3) is 5.96. The van der Waals surface area contributed by atoms with Gasteiger partial charge in [-0.05, 0) is 69.9 Å². The van der Waals surface area contributed by atoms with Crippen molar-refractivity contribution >= 4 is 23.5 Å². The summed E-state index contributed by atoms with van der Waals surface area (Å²) in [5.74, 6) is -1.21. The molecule has 4 aromatic rings. The van der Waals surface area contributed by atoms with Crippen LogP contribution in [0.5, 0.6) is 0 Å². The van der Waals surface area contributed by atoms with Crippen LogP contribution < -0.4 is 5.56 Å². The van der Waals surface area contributed by atoms with Crippen molar-refractivity contribution in [3.63, 3.8) is 0 Å². The zero-order valence-corrected chi connectivity index (χ0v) is 23.5. The van der Waals surface area contributed by atoms with Crippen LogP contribution in [0, 0.1) is 26.6 Å². The number of hydrogen-bond acceptors (Lipinski definition) is 6. The largest absolute Gasteiger partial charge is 0.284 e. The molecular weight excluding hydrogens is 536 g/mol. The van der Waals surface area contributed by atoms with Crippen LogP contribution >= 0.6 is 11.6 Å². The molecule has 206 valence electrons. The van der Waals surface area contributed by atoms with E-state index in [1.54, 1.807) is 46.0 Å². The molecule has 0 aliphatic carbocycles. The molecule has 0 radical (unpaired) electrons. The smallest absolute Gasteiger partial charge is 0.273 e. The quantitative estimate of drug-likeness (QED) is 0.243. The SMILES string of the molecule is C/C=C/N=C(/C(F)=C/n1c(C)cc(C(C)Cc2ccccn2)c(Cl)c1=O)c1ccnc(-n2nc(C)nc2C)c1F. The number of hydrogen-bond donors (Lipinski definition) is 0. The standard InChI is InChI=1S/C29H28ClF2N7O/c1-6-11-34-27(22-10-13-35-28(26(22)32)39-20(5)36-19(4)37-39)24(31)16-38-18(3)15-23(25(30)29(38)40)17(2)14-21-9-7-8-12-33-21/h6-13,15-17H,14H2,1-5H3/b11-6+,24-16-,34-27+. The van der Waals surface area contributed by atoms with Crippen molar-refractivity contribution in [2.45, 2.75) is 47.0 Å². The van der Waals surface area contributed by atoms with Gasteiger partial charge in [-0.25, -0.2) is 18.7 Å². The highest BCUT2D eigenvalue weighted by molar-refractivity contribution is 6.31. The molecule has 4 heterocycles. The molecule has 4 aromatic heterocycles. The number of nitrogens with zero attached hydrogens (tertiary/aromatic N) is 7. The number of pyridine rings is 3. The fraction of sp³-hybridized carbons (Fsp3) is 0.241. The molecule has 0 fully saturated rings. The van der Waals surface area contributed by atoms with Crippen molar-refractivity contribution in [1.29, 1.82) is 0 Å². The van der Waals surface area contributed by atoms with Crippen LogP contribution in [0.4, 0.5) is 8.78 Å². The Bertz CT molecular complexity index is 1690. The molecule has 11 heteroatoms. The maximum absolute atomic E-state index is 15.9. The van der Waals surface area contributed by atoms with E-state index in [0.29, 0.717) is 29.3 Å². The summed E-state index contributed by atoms with van der Waals surface area (Å²) in [4.78, 5) is 30.0. The van der Waals surface area contributed by atoms with Gasteiger partial charge in [0.1, 0.15) is 22.4 Å². The van der Waals surface area contributed by atoms with Gasteiger partial charge in [-0.15, -0.1) is 5.10 Å². The first-order chi connectivity index (χ1) is 19.1. The van der Waals surface area contributed by atoms with Crippen LogP contribution in [0.25, 0.3) is 12.0 Å². The molecule has 40 heavy (non-hydrogen) atoms. The molecule has 0 saturated carbocycles. The minimum Gasteiger partial charge on any atom is -0.284 e. The van der Waals surface area contributed by atoms with Gasteiger partial charge in [-0.2, -0.15) is 4.68 Å². The number of rotatable bonds is 8. The second-order valence-corrected chi connectivity index (χ2v) is 9.59. The van der Waals surface area contributed by atoms with Crippen molar-refractivity contribution in [2.75, 3.05) is 0 Å². The zero-order valence-electron chi connectivity index (χ0n) is 22.7. The van der Waals surface area contributed by atoms with E-state index in [1.165, 1.54) is 23.1 Å². The molecule has 0 amide bonds. The van der Waals surface area contributed by atoms with Crippen molar-refractivity contribution in [3.05, 3.63) is 116 Å². The van der Waals surface area contributed by atoms with Gasteiger partial charge in [0.15, 0.2) is 17.5 Å². The van der Waals surface area contributed by atoms with Crippen LogP contribution in [0.2, 0.25) is 5.02 Å². The van der Waals surface area contributed by atoms with Crippen LogP contribution in [0.15, 0.2) is 70.6 Å². The maximum atomic E-state index is 15.9. The van der Waals surface area contributed by atoms with Gasteiger partial charge in [-0.1, -0.05) is 30.7 Å². The predicted octanol–water partition coefficient (Wildman–Crippen LogP) is 6.07. The second-order valence-electron chi connectivity index (χ2n) is 9.21. The first kappa shape index (κ1) is 28.7. The fourth-order valence-corrected chi connectivity index (χ4v) is 4.61. The highest BCUT2D eigenvalue weighted by Gasteiger charge is 2.22. The summed E-state index contributed by atoms with van der Waals surface area (Å²) in [7, 11) is 0. The first-order valence-corrected chi connectivity index (χ1v) is 12.9. The highest BCUT2D eigenvalue weighted by atomic mass is 35.5. The van der Waals surface area contributed by atoms with Gasteiger partial charge >= 0.3 is 0 Å². The molecule has 0 N–H and O–H groups in total. The predicted molar refractivity (Wildman–Crippen MR) is 152 cm³/mol. The lowest BCUT2D eigenvalue weighted by Crippen LogP contribution is -2.22. The molecule has 4 rings (SSSR count). The van der Waals surface area contributed by atoms with Gasteiger partial charge in [0, 0.05) is 35.5 Å². The monoisotopic (exact) mass is 563 g/mol. The van der Waals surface area contributed by atoms with E-state index in [2.05, 4.69) is 25.0 Å². The van der Waals surface area contributed by atoms with Crippen LogP contribution in [-0.4, -0.2) is 35.0 Å². The Morgan fingerprint density at radius 1 is 1.18 bits per heavy atom. The van der Waals surface area contributed by atoms with Crippen LogP contribution in [0.3, 0.4) is 0 Å². The van der Waals surface area contributed by atoms with Crippen molar-refractivity contribution < 1.29 is 8.78 Å². The average Bonchev–Trinajstić information content (AvgIpc) is 3.27. The molecule has 1 atom stereocenters. The topological polar surface area (TPSA) is 90.8 Å². The molecule has 0 aliphatic heterocycles. The van der Waals surface area contributed by atoms with Crippen molar-refractivity contribution in [2.24, 2.45) is 4.99 Å². The zero-order chi connectivity index (χ0) is 29.0. The molecule has 0 bridgehead atoms. The molecule has 8 nitrogen and oxygen atoms in total. The van der Waals surface area contributed by atoms with E-state index < -0.39 is 17.2 Å². The van der Waals surface area contributed by atoms with Gasteiger partial charge < -0.3 is 0 Å². The molecule has 0 aromatic carbocycles. The molecule has 0 spiro atoms. The van der Waals surface area contributed by atoms with Gasteiger partial charge in [-0.3, -0.25) is 19.3 Å². The lowest BCUT2D eigenvalue weighted by molar-refractivity contribution is 0.592. The Kier molecular flexibility index (Phi) is 8.79. The summed E-state index contributed by atoms with van der Waals surface area (Å²) >= 11 is 6.49. The van der Waals surface area contributed by atoms with Gasteiger partial charge in [0.25, 0.3) is 5.56 Å². The van der Waals surface area contributed by atoms with Crippen LogP contribution in [-0.2, 0) is 6.42 Å². The summed E-state index contributed by atoms with van der Waals surface area (Å²) in [6.07, 6.45) is 7.47. The van der Waals surface area contributed by atoms with E-state index >= 15 is 8.78 Å². The number of aliphatic imine (C=N–C) groups is 1. The fourth-order valence-electron chi connectivity index (χ4n) is 4.28. The van der Waals surface area contributed by atoms with Crippen molar-refractivity contribution in [1.82, 2.24) is 29.3 Å². The Morgan fingerprint density at radius 3 is 2.60 bits per heavy atom. The number of aromatic nitrogens is 6. The Balaban J connectivity index is 1.77. The van der Waals surface area contributed by atoms with Crippen LogP contribution in [0.1, 0.15) is 53.9 Å². The Hall–Kier alpha value is -4.31. The minimum absolute atomic E-state index is 0.0283. The molecule has 1 unspecified atom stereocenters. The average molecular weight is 564 g/mol. The number of aryl methyl sites for hydroxylation is 3. The number of allylic oxidation sites excluding steroid dienone is 2. The van der Waals surface area contributed by atoms with E-state index in [-0.39, 0.29) is 28.0 Å². The van der Waals surface area contributed by atoms with Crippen molar-refractivity contribution in [3.8, 4) is 5.82 Å². The lowest BCUT2D eigenvalue weighted by Gasteiger charge is -2.16. The maximum Gasteiger partial charge on any atom is 0.273 e. The molecular formula is C29H28ClF2N7O. The first-order valence-electron chi connectivity index (χ1n) is 12.6. The van der Waals surface area contributed by atoms with E-state index in [4.69, 9.17) is 11.6 Å². The third-order valence-corrected chi connectivity index (χ3v) is 6.58. The number of halogens is 3. The lowest BCUT2D eigenvalue weighted by atomic mass is 9.96. The van der Waals surface area contributed by atoms with E-state index in [0.717, 1.165) is 16.5 Å². The molecule has 0 saturated heterocycles.